The Bertz CT molecular complexity index is 764. The average molecular weight is 354 g/mol. The van der Waals surface area contributed by atoms with Gasteiger partial charge in [-0.05, 0) is 42.3 Å². The van der Waals surface area contributed by atoms with Crippen LogP contribution in [0.2, 0.25) is 0 Å². The van der Waals surface area contributed by atoms with Gasteiger partial charge < -0.3 is 9.80 Å². The van der Waals surface area contributed by atoms with Crippen LogP contribution in [0.15, 0.2) is 41.8 Å². The molecule has 130 valence electrons. The van der Waals surface area contributed by atoms with Crippen LogP contribution in [0.3, 0.4) is 0 Å². The first-order valence-electron chi connectivity index (χ1n) is 8.92. The van der Waals surface area contributed by atoms with Crippen LogP contribution < -0.4 is 4.90 Å². The lowest BCUT2D eigenvalue weighted by Gasteiger charge is -2.33. The quantitative estimate of drug-likeness (QED) is 0.850. The Kier molecular flexibility index (Phi) is 4.57. The number of benzene rings is 1. The third-order valence-corrected chi connectivity index (χ3v) is 6.13. The summed E-state index contributed by atoms with van der Waals surface area (Å²) in [6.07, 6.45) is 2.97. The lowest BCUT2D eigenvalue weighted by Crippen LogP contribution is -2.44. The van der Waals surface area contributed by atoms with Crippen molar-refractivity contribution >= 4 is 28.8 Å². The van der Waals surface area contributed by atoms with E-state index in [0.717, 1.165) is 36.4 Å². The van der Waals surface area contributed by atoms with Gasteiger partial charge in [0.25, 0.3) is 0 Å². The molecule has 4 nitrogen and oxygen atoms in total. The number of fused-ring (bicyclic) bond motifs is 1. The van der Waals surface area contributed by atoms with Crippen LogP contribution in [0, 0.1) is 5.92 Å². The van der Waals surface area contributed by atoms with Gasteiger partial charge in [-0.1, -0.05) is 24.3 Å². The Morgan fingerprint density at radius 1 is 1.04 bits per heavy atom. The first kappa shape index (κ1) is 16.3. The number of anilines is 1. The first-order chi connectivity index (χ1) is 12.2. The predicted octanol–water partition coefficient (Wildman–Crippen LogP) is 3.12. The van der Waals surface area contributed by atoms with Gasteiger partial charge in [0.2, 0.25) is 11.8 Å². The highest BCUT2D eigenvalue weighted by Crippen LogP contribution is 2.31. The molecule has 1 aromatic heterocycles. The van der Waals surface area contributed by atoms with E-state index in [4.69, 9.17) is 0 Å². The molecule has 1 saturated heterocycles. The number of piperidine rings is 1. The molecule has 1 fully saturated rings. The van der Waals surface area contributed by atoms with Crippen molar-refractivity contribution in [3.63, 3.8) is 0 Å². The van der Waals surface area contributed by atoms with Crippen LogP contribution in [0.4, 0.5) is 5.69 Å². The Hall–Kier alpha value is -2.14. The SMILES string of the molecule is O=C(Cc1cccs1)N1CCC(C(=O)N2CCc3ccccc32)CC1. The number of para-hydroxylation sites is 1. The molecule has 5 heteroatoms. The van der Waals surface area contributed by atoms with Crippen LogP contribution in [-0.4, -0.2) is 36.3 Å². The second-order valence-corrected chi connectivity index (χ2v) is 7.81. The molecule has 0 aliphatic carbocycles. The van der Waals surface area contributed by atoms with E-state index in [2.05, 4.69) is 6.07 Å². The van der Waals surface area contributed by atoms with E-state index >= 15 is 0 Å². The first-order valence-corrected chi connectivity index (χ1v) is 9.80. The van der Waals surface area contributed by atoms with Crippen molar-refractivity contribution in [2.24, 2.45) is 5.92 Å². The van der Waals surface area contributed by atoms with Crippen molar-refractivity contribution in [2.45, 2.75) is 25.7 Å². The maximum Gasteiger partial charge on any atom is 0.230 e. The van der Waals surface area contributed by atoms with Gasteiger partial charge in [-0.25, -0.2) is 0 Å². The Labute approximate surface area is 152 Å². The minimum atomic E-state index is 0.0388. The smallest absolute Gasteiger partial charge is 0.230 e. The lowest BCUT2D eigenvalue weighted by atomic mass is 9.95. The second kappa shape index (κ2) is 7.00. The van der Waals surface area contributed by atoms with Crippen LogP contribution in [0.25, 0.3) is 0 Å². The molecule has 1 aromatic carbocycles. The molecule has 0 spiro atoms. The van der Waals surface area contributed by atoms with Crippen molar-refractivity contribution in [3.05, 3.63) is 52.2 Å². The molecule has 2 aliphatic rings. The van der Waals surface area contributed by atoms with E-state index in [1.807, 2.05) is 45.5 Å². The van der Waals surface area contributed by atoms with Gasteiger partial charge in [0.1, 0.15) is 0 Å². The number of hydrogen-bond acceptors (Lipinski definition) is 3. The summed E-state index contributed by atoms with van der Waals surface area (Å²) in [5, 5.41) is 2.00. The largest absolute Gasteiger partial charge is 0.342 e. The maximum absolute atomic E-state index is 12.9. The predicted molar refractivity (Wildman–Crippen MR) is 99.8 cm³/mol. The van der Waals surface area contributed by atoms with E-state index in [9.17, 15) is 9.59 Å². The van der Waals surface area contributed by atoms with Gasteiger partial charge in [0.05, 0.1) is 6.42 Å². The molecule has 2 amide bonds. The van der Waals surface area contributed by atoms with Crippen molar-refractivity contribution in [1.29, 1.82) is 0 Å². The summed E-state index contributed by atoms with van der Waals surface area (Å²) in [4.78, 5) is 30.3. The van der Waals surface area contributed by atoms with E-state index in [1.165, 1.54) is 5.56 Å². The van der Waals surface area contributed by atoms with Gasteiger partial charge >= 0.3 is 0 Å². The van der Waals surface area contributed by atoms with E-state index in [0.29, 0.717) is 19.5 Å². The molecule has 0 atom stereocenters. The number of thiophene rings is 1. The second-order valence-electron chi connectivity index (χ2n) is 6.78. The minimum Gasteiger partial charge on any atom is -0.342 e. The molecule has 0 radical (unpaired) electrons. The molecule has 25 heavy (non-hydrogen) atoms. The fraction of sp³-hybridized carbons (Fsp3) is 0.400. The number of rotatable bonds is 3. The summed E-state index contributed by atoms with van der Waals surface area (Å²) in [5.41, 5.74) is 2.34. The number of likely N-dealkylation sites (tertiary alicyclic amines) is 1. The molecule has 0 saturated carbocycles. The van der Waals surface area contributed by atoms with Crippen molar-refractivity contribution in [3.8, 4) is 0 Å². The summed E-state index contributed by atoms with van der Waals surface area (Å²) in [7, 11) is 0. The molecule has 2 aromatic rings. The highest BCUT2D eigenvalue weighted by Gasteiger charge is 2.33. The number of carbonyl (C=O) groups is 2. The van der Waals surface area contributed by atoms with Gasteiger partial charge in [-0.15, -0.1) is 11.3 Å². The highest BCUT2D eigenvalue weighted by molar-refractivity contribution is 7.10. The molecule has 0 bridgehead atoms. The summed E-state index contributed by atoms with van der Waals surface area (Å²) in [5.74, 6) is 0.451. The van der Waals surface area contributed by atoms with Crippen LogP contribution in [0.1, 0.15) is 23.3 Å². The summed E-state index contributed by atoms with van der Waals surface area (Å²) in [6.45, 7) is 2.17. The fourth-order valence-corrected chi connectivity index (χ4v) is 4.53. The molecule has 0 N–H and O–H groups in total. The van der Waals surface area contributed by atoms with Crippen molar-refractivity contribution in [2.75, 3.05) is 24.5 Å². The summed E-state index contributed by atoms with van der Waals surface area (Å²) < 4.78 is 0. The zero-order valence-electron chi connectivity index (χ0n) is 14.2. The van der Waals surface area contributed by atoms with Crippen molar-refractivity contribution in [1.82, 2.24) is 4.90 Å². The van der Waals surface area contributed by atoms with Gasteiger partial charge in [-0.2, -0.15) is 0 Å². The topological polar surface area (TPSA) is 40.6 Å². The Morgan fingerprint density at radius 3 is 2.60 bits per heavy atom. The van der Waals surface area contributed by atoms with Crippen LogP contribution >= 0.6 is 11.3 Å². The number of nitrogens with zero attached hydrogens (tertiary/aromatic N) is 2. The van der Waals surface area contributed by atoms with Crippen LogP contribution in [0.5, 0.6) is 0 Å². The third kappa shape index (κ3) is 3.33. The van der Waals surface area contributed by atoms with E-state index in [1.54, 1.807) is 11.3 Å². The minimum absolute atomic E-state index is 0.0388. The number of carbonyl (C=O) groups excluding carboxylic acids is 2. The highest BCUT2D eigenvalue weighted by atomic mass is 32.1. The average Bonchev–Trinajstić information content (AvgIpc) is 3.31. The van der Waals surface area contributed by atoms with Crippen LogP contribution in [-0.2, 0) is 22.4 Å². The van der Waals surface area contributed by atoms with Crippen molar-refractivity contribution < 1.29 is 9.59 Å². The standard InChI is InChI=1S/C20H22N2O2S/c23-19(14-17-5-3-13-25-17)21-10-7-16(8-11-21)20(24)22-12-9-15-4-1-2-6-18(15)22/h1-6,13,16H,7-12,14H2. The monoisotopic (exact) mass is 354 g/mol. The fourth-order valence-electron chi connectivity index (χ4n) is 3.84. The van der Waals surface area contributed by atoms with E-state index in [-0.39, 0.29) is 17.7 Å². The van der Waals surface area contributed by atoms with Gasteiger partial charge in [-0.3, -0.25) is 9.59 Å². The van der Waals surface area contributed by atoms with E-state index < -0.39 is 0 Å². The zero-order chi connectivity index (χ0) is 17.2. The molecular weight excluding hydrogens is 332 g/mol. The third-order valence-electron chi connectivity index (χ3n) is 5.26. The zero-order valence-corrected chi connectivity index (χ0v) is 15.0. The summed E-state index contributed by atoms with van der Waals surface area (Å²) >= 11 is 1.62. The Balaban J connectivity index is 1.34. The normalized spacial score (nSPS) is 17.6. The van der Waals surface area contributed by atoms with Gasteiger partial charge in [0, 0.05) is 36.1 Å². The maximum atomic E-state index is 12.9. The molecular formula is C20H22N2O2S. The lowest BCUT2D eigenvalue weighted by molar-refractivity contribution is -0.134. The number of hydrogen-bond donors (Lipinski definition) is 0. The molecule has 2 aliphatic heterocycles. The Morgan fingerprint density at radius 2 is 1.84 bits per heavy atom. The number of amides is 2. The summed E-state index contributed by atoms with van der Waals surface area (Å²) in [6, 6.07) is 12.2. The molecule has 3 heterocycles. The van der Waals surface area contributed by atoms with Gasteiger partial charge in [0.15, 0.2) is 0 Å². The molecule has 4 rings (SSSR count). The molecule has 0 unspecified atom stereocenters.